The first-order valence-corrected chi connectivity index (χ1v) is 7.62. The first-order chi connectivity index (χ1) is 9.72. The molecular formula is C15H8Cl2N2S. The summed E-state index contributed by atoms with van der Waals surface area (Å²) in [6.07, 6.45) is 2.02. The number of para-hydroxylation sites is 1. The van der Waals surface area contributed by atoms with Crippen molar-refractivity contribution in [1.82, 2.24) is 9.38 Å². The van der Waals surface area contributed by atoms with Crippen molar-refractivity contribution in [2.45, 2.75) is 0 Å². The number of thiazole rings is 1. The number of hydrogen-bond donors (Lipinski definition) is 0. The Morgan fingerprint density at radius 1 is 1.05 bits per heavy atom. The topological polar surface area (TPSA) is 17.3 Å². The SMILES string of the molecule is Clc1ccc(-c2cn3c(n2)sc2ccccc23)c(Cl)c1. The van der Waals surface area contributed by atoms with Gasteiger partial charge in [-0.05, 0) is 30.3 Å². The Labute approximate surface area is 129 Å². The van der Waals surface area contributed by atoms with Gasteiger partial charge in [-0.1, -0.05) is 46.7 Å². The predicted molar refractivity (Wildman–Crippen MR) is 86.0 cm³/mol. The molecule has 0 fully saturated rings. The highest BCUT2D eigenvalue weighted by Crippen LogP contribution is 2.33. The maximum absolute atomic E-state index is 6.25. The lowest BCUT2D eigenvalue weighted by atomic mass is 10.2. The molecule has 0 N–H and O–H groups in total. The highest BCUT2D eigenvalue weighted by atomic mass is 35.5. The van der Waals surface area contributed by atoms with Gasteiger partial charge in [0.05, 0.1) is 20.9 Å². The summed E-state index contributed by atoms with van der Waals surface area (Å²) in [7, 11) is 0. The summed E-state index contributed by atoms with van der Waals surface area (Å²) in [5.74, 6) is 0. The fraction of sp³-hybridized carbons (Fsp3) is 0. The van der Waals surface area contributed by atoms with Gasteiger partial charge in [0.15, 0.2) is 4.96 Å². The molecule has 20 heavy (non-hydrogen) atoms. The molecule has 0 amide bonds. The Balaban J connectivity index is 1.97. The van der Waals surface area contributed by atoms with Crippen LogP contribution in [0.5, 0.6) is 0 Å². The number of rotatable bonds is 1. The molecule has 2 aromatic carbocycles. The van der Waals surface area contributed by atoms with Crippen molar-refractivity contribution < 1.29 is 0 Å². The lowest BCUT2D eigenvalue weighted by molar-refractivity contribution is 1.30. The molecule has 4 rings (SSSR count). The number of halogens is 2. The molecule has 0 spiro atoms. The second-order valence-corrected chi connectivity index (χ2v) is 6.33. The van der Waals surface area contributed by atoms with E-state index in [4.69, 9.17) is 23.2 Å². The van der Waals surface area contributed by atoms with Crippen molar-refractivity contribution in [3.63, 3.8) is 0 Å². The molecule has 2 aromatic heterocycles. The van der Waals surface area contributed by atoms with E-state index in [0.717, 1.165) is 21.7 Å². The van der Waals surface area contributed by atoms with E-state index in [9.17, 15) is 0 Å². The van der Waals surface area contributed by atoms with E-state index in [1.165, 1.54) is 4.70 Å². The van der Waals surface area contributed by atoms with Crippen LogP contribution < -0.4 is 0 Å². The van der Waals surface area contributed by atoms with Crippen molar-refractivity contribution in [3.8, 4) is 11.3 Å². The van der Waals surface area contributed by atoms with Crippen molar-refractivity contribution in [1.29, 1.82) is 0 Å². The molecule has 5 heteroatoms. The Kier molecular flexibility index (Phi) is 2.74. The second kappa shape index (κ2) is 4.48. The van der Waals surface area contributed by atoms with E-state index < -0.39 is 0 Å². The molecule has 0 bridgehead atoms. The molecule has 98 valence electrons. The van der Waals surface area contributed by atoms with Gasteiger partial charge >= 0.3 is 0 Å². The number of aromatic nitrogens is 2. The summed E-state index contributed by atoms with van der Waals surface area (Å²) in [6.45, 7) is 0. The van der Waals surface area contributed by atoms with E-state index >= 15 is 0 Å². The van der Waals surface area contributed by atoms with Gasteiger partial charge < -0.3 is 0 Å². The third-order valence-electron chi connectivity index (χ3n) is 3.21. The zero-order valence-corrected chi connectivity index (χ0v) is 12.5. The van der Waals surface area contributed by atoms with Crippen LogP contribution in [0, 0.1) is 0 Å². The average molecular weight is 319 g/mol. The van der Waals surface area contributed by atoms with Crippen molar-refractivity contribution in [3.05, 3.63) is 58.7 Å². The third-order valence-corrected chi connectivity index (χ3v) is 4.79. The van der Waals surface area contributed by atoms with E-state index in [1.807, 2.05) is 30.5 Å². The minimum Gasteiger partial charge on any atom is -0.290 e. The maximum Gasteiger partial charge on any atom is 0.195 e. The molecule has 2 nitrogen and oxygen atoms in total. The number of hydrogen-bond acceptors (Lipinski definition) is 2. The fourth-order valence-corrected chi connectivity index (χ4v) is 3.79. The number of benzene rings is 2. The minimum atomic E-state index is 0.618. The molecule has 0 aliphatic carbocycles. The average Bonchev–Trinajstić information content (AvgIpc) is 2.96. The highest BCUT2D eigenvalue weighted by Gasteiger charge is 2.12. The maximum atomic E-state index is 6.25. The molecule has 0 aliphatic heterocycles. The normalized spacial score (nSPS) is 11.5. The van der Waals surface area contributed by atoms with Gasteiger partial charge in [-0.2, -0.15) is 0 Å². The van der Waals surface area contributed by atoms with Crippen molar-refractivity contribution >= 4 is 49.7 Å². The van der Waals surface area contributed by atoms with Crippen LogP contribution in [0.4, 0.5) is 0 Å². The molecular weight excluding hydrogens is 311 g/mol. The summed E-state index contributed by atoms with van der Waals surface area (Å²) >= 11 is 13.8. The van der Waals surface area contributed by atoms with Gasteiger partial charge in [0.25, 0.3) is 0 Å². The lowest BCUT2D eigenvalue weighted by Gasteiger charge is -2.00. The van der Waals surface area contributed by atoms with Crippen LogP contribution in [0.15, 0.2) is 48.7 Å². The number of nitrogens with zero attached hydrogens (tertiary/aromatic N) is 2. The predicted octanol–water partition coefficient (Wildman–Crippen LogP) is 5.52. The summed E-state index contributed by atoms with van der Waals surface area (Å²) in [5.41, 5.74) is 2.93. The Morgan fingerprint density at radius 3 is 2.75 bits per heavy atom. The van der Waals surface area contributed by atoms with Gasteiger partial charge in [-0.3, -0.25) is 4.40 Å². The monoisotopic (exact) mass is 318 g/mol. The van der Waals surface area contributed by atoms with Gasteiger partial charge in [0, 0.05) is 16.8 Å². The van der Waals surface area contributed by atoms with Crippen LogP contribution in [0.3, 0.4) is 0 Å². The zero-order valence-electron chi connectivity index (χ0n) is 10.2. The molecule has 0 saturated heterocycles. The second-order valence-electron chi connectivity index (χ2n) is 4.47. The number of fused-ring (bicyclic) bond motifs is 3. The molecule has 0 unspecified atom stereocenters. The quantitative estimate of drug-likeness (QED) is 0.451. The lowest BCUT2D eigenvalue weighted by Crippen LogP contribution is -1.79. The van der Waals surface area contributed by atoms with Crippen LogP contribution in [-0.2, 0) is 0 Å². The smallest absolute Gasteiger partial charge is 0.195 e. The van der Waals surface area contributed by atoms with E-state index in [-0.39, 0.29) is 0 Å². The summed E-state index contributed by atoms with van der Waals surface area (Å²) in [5, 5.41) is 1.25. The third kappa shape index (κ3) is 1.82. The largest absolute Gasteiger partial charge is 0.290 e. The summed E-state index contributed by atoms with van der Waals surface area (Å²) in [4.78, 5) is 5.63. The number of imidazole rings is 1. The van der Waals surface area contributed by atoms with Crippen LogP contribution in [0.1, 0.15) is 0 Å². The van der Waals surface area contributed by atoms with Gasteiger partial charge in [-0.25, -0.2) is 4.98 Å². The molecule has 2 heterocycles. The molecule has 0 saturated carbocycles. The Morgan fingerprint density at radius 2 is 1.90 bits per heavy atom. The van der Waals surface area contributed by atoms with Gasteiger partial charge in [-0.15, -0.1) is 0 Å². The first kappa shape index (κ1) is 12.2. The van der Waals surface area contributed by atoms with Crippen LogP contribution >= 0.6 is 34.5 Å². The summed E-state index contributed by atoms with van der Waals surface area (Å²) < 4.78 is 3.32. The highest BCUT2D eigenvalue weighted by molar-refractivity contribution is 7.23. The Bertz CT molecular complexity index is 940. The Hall–Kier alpha value is -1.55. The first-order valence-electron chi connectivity index (χ1n) is 6.04. The van der Waals surface area contributed by atoms with Gasteiger partial charge in [0.2, 0.25) is 0 Å². The van der Waals surface area contributed by atoms with Crippen molar-refractivity contribution in [2.75, 3.05) is 0 Å². The van der Waals surface area contributed by atoms with Gasteiger partial charge in [0.1, 0.15) is 0 Å². The summed E-state index contributed by atoms with van der Waals surface area (Å²) in [6, 6.07) is 13.7. The minimum absolute atomic E-state index is 0.618. The fourth-order valence-electron chi connectivity index (χ4n) is 2.28. The van der Waals surface area contributed by atoms with Crippen LogP contribution in [0.25, 0.3) is 26.4 Å². The molecule has 0 aliphatic rings. The van der Waals surface area contributed by atoms with Crippen molar-refractivity contribution in [2.24, 2.45) is 0 Å². The van der Waals surface area contributed by atoms with E-state index in [1.54, 1.807) is 17.4 Å². The zero-order chi connectivity index (χ0) is 13.7. The van der Waals surface area contributed by atoms with E-state index in [0.29, 0.717) is 10.0 Å². The molecule has 4 aromatic rings. The molecule has 0 atom stereocenters. The van der Waals surface area contributed by atoms with Crippen LogP contribution in [-0.4, -0.2) is 9.38 Å². The van der Waals surface area contributed by atoms with Crippen LogP contribution in [0.2, 0.25) is 10.0 Å². The van der Waals surface area contributed by atoms with E-state index in [2.05, 4.69) is 21.5 Å². The molecule has 0 radical (unpaired) electrons. The standard InChI is InChI=1S/C15H8Cl2N2S/c16-9-5-6-10(11(17)7-9)12-8-19-13-3-1-2-4-14(13)20-15(19)18-12/h1-8H.